The number of carbonyl (C=O) groups excluding carboxylic acids is 1. The van der Waals surface area contributed by atoms with Crippen molar-refractivity contribution in [1.29, 1.82) is 0 Å². The predicted molar refractivity (Wildman–Crippen MR) is 156 cm³/mol. The summed E-state index contributed by atoms with van der Waals surface area (Å²) in [6.07, 6.45) is 0. The molecule has 0 aromatic heterocycles. The number of sulfonamides is 1. The summed E-state index contributed by atoms with van der Waals surface area (Å²) in [5.41, 5.74) is 3.40. The second kappa shape index (κ2) is 13.1. The molecule has 0 radical (unpaired) electrons. The first-order valence-electron chi connectivity index (χ1n) is 13.5. The van der Waals surface area contributed by atoms with E-state index < -0.39 is 16.1 Å². The number of anilines is 2. The maximum atomic E-state index is 13.5. The molecule has 1 unspecified atom stereocenters. The van der Waals surface area contributed by atoms with E-state index in [-0.39, 0.29) is 16.8 Å². The van der Waals surface area contributed by atoms with E-state index in [1.807, 2.05) is 80.6 Å². The van der Waals surface area contributed by atoms with E-state index in [0.717, 1.165) is 16.8 Å². The molecule has 1 fully saturated rings. The molecule has 8 nitrogen and oxygen atoms in total. The summed E-state index contributed by atoms with van der Waals surface area (Å²) in [5.74, 6) is -0.197. The molecule has 1 amide bonds. The van der Waals surface area contributed by atoms with Crippen molar-refractivity contribution >= 4 is 27.3 Å². The van der Waals surface area contributed by atoms with Gasteiger partial charge in [-0.3, -0.25) is 4.79 Å². The van der Waals surface area contributed by atoms with Crippen LogP contribution in [0, 0.1) is 0 Å². The first-order valence-corrected chi connectivity index (χ1v) is 14.9. The Morgan fingerprint density at radius 3 is 2.03 bits per heavy atom. The van der Waals surface area contributed by atoms with Crippen LogP contribution in [0.1, 0.15) is 37.9 Å². The van der Waals surface area contributed by atoms with E-state index in [0.29, 0.717) is 45.1 Å². The molecular weight excluding hydrogens is 512 g/mol. The zero-order chi connectivity index (χ0) is 27.8. The maximum Gasteiger partial charge on any atom is 0.243 e. The number of nitrogens with one attached hydrogen (secondary N) is 2. The lowest BCUT2D eigenvalue weighted by Crippen LogP contribution is -2.41. The third kappa shape index (κ3) is 6.79. The normalized spacial score (nSPS) is 14.8. The Labute approximate surface area is 232 Å². The summed E-state index contributed by atoms with van der Waals surface area (Å²) in [4.78, 5) is 15.9. The number of carbonyl (C=O) groups is 1. The number of rotatable bonds is 11. The molecule has 0 aliphatic carbocycles. The third-order valence-corrected chi connectivity index (χ3v) is 9.03. The standard InChI is InChI=1S/C30H38N4O4S/c1-4-34(5-2)39(36,37)26-16-17-28(33-18-20-38-21-19-33)27(22-26)31-23(3)30(35)32-29(24-12-8-6-9-13-24)25-14-10-7-11-15-25/h6-17,22-23,29,31H,4-5,18-21H2,1-3H3,(H,32,35). The smallest absolute Gasteiger partial charge is 0.243 e. The van der Waals surface area contributed by atoms with Gasteiger partial charge in [0.25, 0.3) is 0 Å². The fraction of sp³-hybridized carbons (Fsp3) is 0.367. The number of ether oxygens (including phenoxy) is 1. The van der Waals surface area contributed by atoms with Gasteiger partial charge in [0.05, 0.1) is 35.5 Å². The lowest BCUT2D eigenvalue weighted by molar-refractivity contribution is -0.122. The molecule has 0 saturated carbocycles. The first kappa shape index (κ1) is 28.6. The molecule has 0 spiro atoms. The Bertz CT molecular complexity index is 1290. The third-order valence-electron chi connectivity index (χ3n) is 6.98. The Balaban J connectivity index is 1.63. The molecule has 39 heavy (non-hydrogen) atoms. The van der Waals surface area contributed by atoms with Crippen LogP contribution in [-0.4, -0.2) is 64.1 Å². The van der Waals surface area contributed by atoms with Crippen LogP contribution in [-0.2, 0) is 19.6 Å². The number of hydrogen-bond donors (Lipinski definition) is 2. The van der Waals surface area contributed by atoms with Crippen LogP contribution < -0.4 is 15.5 Å². The molecule has 3 aromatic rings. The van der Waals surface area contributed by atoms with Crippen LogP contribution in [0.2, 0.25) is 0 Å². The molecule has 2 N–H and O–H groups in total. The van der Waals surface area contributed by atoms with Crippen LogP contribution in [0.4, 0.5) is 11.4 Å². The zero-order valence-electron chi connectivity index (χ0n) is 22.8. The van der Waals surface area contributed by atoms with Crippen molar-refractivity contribution in [3.63, 3.8) is 0 Å². The fourth-order valence-electron chi connectivity index (χ4n) is 4.80. The summed E-state index contributed by atoms with van der Waals surface area (Å²) in [7, 11) is -3.67. The molecule has 208 valence electrons. The van der Waals surface area contributed by atoms with E-state index in [1.165, 1.54) is 4.31 Å². The van der Waals surface area contributed by atoms with Gasteiger partial charge in [-0.2, -0.15) is 4.31 Å². The molecule has 1 heterocycles. The molecule has 1 aliphatic rings. The van der Waals surface area contributed by atoms with Gasteiger partial charge in [0.15, 0.2) is 0 Å². The highest BCUT2D eigenvalue weighted by Gasteiger charge is 2.26. The Morgan fingerprint density at radius 1 is 0.923 bits per heavy atom. The second-order valence-electron chi connectivity index (χ2n) is 9.50. The summed E-state index contributed by atoms with van der Waals surface area (Å²) < 4.78 is 33.5. The lowest BCUT2D eigenvalue weighted by Gasteiger charge is -2.32. The molecule has 9 heteroatoms. The Hall–Kier alpha value is -3.40. The highest BCUT2D eigenvalue weighted by molar-refractivity contribution is 7.89. The van der Waals surface area contributed by atoms with Crippen LogP contribution in [0.15, 0.2) is 83.8 Å². The van der Waals surface area contributed by atoms with E-state index in [2.05, 4.69) is 15.5 Å². The second-order valence-corrected chi connectivity index (χ2v) is 11.4. The highest BCUT2D eigenvalue weighted by Crippen LogP contribution is 2.32. The van der Waals surface area contributed by atoms with Gasteiger partial charge in [-0.05, 0) is 36.2 Å². The van der Waals surface area contributed by atoms with Gasteiger partial charge in [-0.15, -0.1) is 0 Å². The van der Waals surface area contributed by atoms with Crippen molar-refractivity contribution in [2.45, 2.75) is 37.8 Å². The topological polar surface area (TPSA) is 91.0 Å². The molecule has 3 aromatic carbocycles. The molecule has 1 atom stereocenters. The van der Waals surface area contributed by atoms with Gasteiger partial charge in [-0.25, -0.2) is 8.42 Å². The van der Waals surface area contributed by atoms with Gasteiger partial charge in [0.2, 0.25) is 15.9 Å². The quantitative estimate of drug-likeness (QED) is 0.371. The van der Waals surface area contributed by atoms with Gasteiger partial charge >= 0.3 is 0 Å². The van der Waals surface area contributed by atoms with E-state index in [1.54, 1.807) is 19.1 Å². The van der Waals surface area contributed by atoms with Crippen molar-refractivity contribution in [1.82, 2.24) is 9.62 Å². The summed E-state index contributed by atoms with van der Waals surface area (Å²) in [5, 5.41) is 6.51. The predicted octanol–water partition coefficient (Wildman–Crippen LogP) is 4.26. The van der Waals surface area contributed by atoms with Crippen molar-refractivity contribution < 1.29 is 17.9 Å². The number of amides is 1. The largest absolute Gasteiger partial charge is 0.378 e. The summed E-state index contributed by atoms with van der Waals surface area (Å²) in [6, 6.07) is 23.9. The fourth-order valence-corrected chi connectivity index (χ4v) is 6.28. The minimum Gasteiger partial charge on any atom is -0.378 e. The van der Waals surface area contributed by atoms with Gasteiger partial charge < -0.3 is 20.3 Å². The first-order chi connectivity index (χ1) is 18.8. The van der Waals surface area contributed by atoms with Crippen LogP contribution >= 0.6 is 0 Å². The SMILES string of the molecule is CCN(CC)S(=O)(=O)c1ccc(N2CCOCC2)c(NC(C)C(=O)NC(c2ccccc2)c2ccccc2)c1. The minimum atomic E-state index is -3.67. The van der Waals surface area contributed by atoms with E-state index in [9.17, 15) is 13.2 Å². The van der Waals surface area contributed by atoms with Crippen LogP contribution in [0.25, 0.3) is 0 Å². The number of benzene rings is 3. The van der Waals surface area contributed by atoms with Crippen molar-refractivity contribution in [2.24, 2.45) is 0 Å². The van der Waals surface area contributed by atoms with Crippen LogP contribution in [0.5, 0.6) is 0 Å². The average molecular weight is 551 g/mol. The monoisotopic (exact) mass is 550 g/mol. The summed E-state index contributed by atoms with van der Waals surface area (Å²) in [6.45, 7) is 8.74. The number of morpholine rings is 1. The average Bonchev–Trinajstić information content (AvgIpc) is 2.97. The van der Waals surface area contributed by atoms with Crippen molar-refractivity contribution in [3.8, 4) is 0 Å². The zero-order valence-corrected chi connectivity index (χ0v) is 23.7. The van der Waals surface area contributed by atoms with Gasteiger partial charge in [-0.1, -0.05) is 74.5 Å². The maximum absolute atomic E-state index is 13.5. The Morgan fingerprint density at radius 2 is 1.49 bits per heavy atom. The Kier molecular flexibility index (Phi) is 9.61. The minimum absolute atomic E-state index is 0.197. The molecular formula is C30H38N4O4S. The number of nitrogens with zero attached hydrogens (tertiary/aromatic N) is 2. The molecule has 4 rings (SSSR count). The van der Waals surface area contributed by atoms with E-state index in [4.69, 9.17) is 4.74 Å². The molecule has 1 saturated heterocycles. The van der Waals surface area contributed by atoms with Gasteiger partial charge in [0.1, 0.15) is 6.04 Å². The molecule has 1 aliphatic heterocycles. The van der Waals surface area contributed by atoms with Gasteiger partial charge in [0, 0.05) is 26.2 Å². The molecule has 0 bridgehead atoms. The van der Waals surface area contributed by atoms with Crippen LogP contribution in [0.3, 0.4) is 0 Å². The van der Waals surface area contributed by atoms with E-state index >= 15 is 0 Å². The highest BCUT2D eigenvalue weighted by atomic mass is 32.2. The summed E-state index contributed by atoms with van der Waals surface area (Å²) >= 11 is 0. The number of hydrogen-bond acceptors (Lipinski definition) is 6. The lowest BCUT2D eigenvalue weighted by atomic mass is 9.98. The van der Waals surface area contributed by atoms with Crippen molar-refractivity contribution in [3.05, 3.63) is 90.0 Å². The van der Waals surface area contributed by atoms with Crippen molar-refractivity contribution in [2.75, 3.05) is 49.6 Å².